The normalized spacial score (nSPS) is 11.7. The lowest BCUT2D eigenvalue weighted by Crippen LogP contribution is -2.25. The Morgan fingerprint density at radius 1 is 1.21 bits per heavy atom. The standard InChI is InChI=1S/C13H19FINO2S/c1-11-10-12(14)6-7-13(11)19(17,18)16-9-5-3-2-4-8-15/h6-7,10,16H,2-5,8-9H2,1H3. The van der Waals surface area contributed by atoms with Crippen LogP contribution >= 0.6 is 22.6 Å². The van der Waals surface area contributed by atoms with Crippen molar-refractivity contribution in [1.82, 2.24) is 4.72 Å². The fourth-order valence-corrected chi connectivity index (χ4v) is 3.61. The Morgan fingerprint density at radius 3 is 2.53 bits per heavy atom. The molecule has 3 nitrogen and oxygen atoms in total. The van der Waals surface area contributed by atoms with E-state index >= 15 is 0 Å². The second-order valence-corrected chi connectivity index (χ2v) is 7.22. The minimum Gasteiger partial charge on any atom is -0.211 e. The van der Waals surface area contributed by atoms with Gasteiger partial charge < -0.3 is 0 Å². The van der Waals surface area contributed by atoms with Gasteiger partial charge in [0.15, 0.2) is 0 Å². The molecule has 108 valence electrons. The second kappa shape index (κ2) is 8.16. The molecule has 0 bridgehead atoms. The van der Waals surface area contributed by atoms with Crippen molar-refractivity contribution >= 4 is 32.6 Å². The Labute approximate surface area is 128 Å². The number of unbranched alkanes of at least 4 members (excludes halogenated alkanes) is 3. The minimum absolute atomic E-state index is 0.154. The molecule has 0 aliphatic heterocycles. The lowest BCUT2D eigenvalue weighted by Gasteiger charge is -2.09. The quantitative estimate of drug-likeness (QED) is 0.414. The molecular weight excluding hydrogens is 380 g/mol. The summed E-state index contributed by atoms with van der Waals surface area (Å²) in [7, 11) is -3.52. The Balaban J connectivity index is 2.52. The molecule has 1 N–H and O–H groups in total. The Morgan fingerprint density at radius 2 is 1.89 bits per heavy atom. The highest BCUT2D eigenvalue weighted by Crippen LogP contribution is 2.16. The van der Waals surface area contributed by atoms with E-state index in [0.29, 0.717) is 12.1 Å². The van der Waals surface area contributed by atoms with Crippen LogP contribution in [-0.2, 0) is 10.0 Å². The number of aryl methyl sites for hydroxylation is 1. The number of hydrogen-bond donors (Lipinski definition) is 1. The molecule has 0 aromatic heterocycles. The molecular formula is C13H19FINO2S. The van der Waals surface area contributed by atoms with E-state index in [4.69, 9.17) is 0 Å². The summed E-state index contributed by atoms with van der Waals surface area (Å²) in [6.45, 7) is 2.03. The fourth-order valence-electron chi connectivity index (χ4n) is 1.77. The van der Waals surface area contributed by atoms with Gasteiger partial charge in [0.05, 0.1) is 4.90 Å². The molecule has 0 aliphatic rings. The predicted molar refractivity (Wildman–Crippen MR) is 83.7 cm³/mol. The molecule has 0 heterocycles. The van der Waals surface area contributed by atoms with Crippen LogP contribution in [0.25, 0.3) is 0 Å². The van der Waals surface area contributed by atoms with Gasteiger partial charge in [-0.3, -0.25) is 0 Å². The smallest absolute Gasteiger partial charge is 0.211 e. The van der Waals surface area contributed by atoms with Crippen LogP contribution in [0.5, 0.6) is 0 Å². The summed E-state index contributed by atoms with van der Waals surface area (Å²) >= 11 is 2.33. The topological polar surface area (TPSA) is 46.2 Å². The molecule has 0 fully saturated rings. The summed E-state index contributed by atoms with van der Waals surface area (Å²) in [4.78, 5) is 0.154. The predicted octanol–water partition coefficient (Wildman–Crippen LogP) is 3.41. The highest BCUT2D eigenvalue weighted by molar-refractivity contribution is 14.1. The Hall–Kier alpha value is -0.210. The summed E-state index contributed by atoms with van der Waals surface area (Å²) in [6, 6.07) is 3.71. The SMILES string of the molecule is Cc1cc(F)ccc1S(=O)(=O)NCCCCCCI. The average Bonchev–Trinajstić information content (AvgIpc) is 2.33. The molecule has 19 heavy (non-hydrogen) atoms. The number of alkyl halides is 1. The molecule has 0 radical (unpaired) electrons. The molecule has 0 aliphatic carbocycles. The van der Waals surface area contributed by atoms with Gasteiger partial charge in [-0.2, -0.15) is 0 Å². The van der Waals surface area contributed by atoms with E-state index in [1.54, 1.807) is 6.92 Å². The van der Waals surface area contributed by atoms with Gasteiger partial charge >= 0.3 is 0 Å². The molecule has 0 unspecified atom stereocenters. The van der Waals surface area contributed by atoms with Gasteiger partial charge in [0.2, 0.25) is 10.0 Å². The Bertz CT molecular complexity index is 505. The van der Waals surface area contributed by atoms with E-state index in [-0.39, 0.29) is 4.90 Å². The minimum atomic E-state index is -3.52. The summed E-state index contributed by atoms with van der Waals surface area (Å²) in [5.41, 5.74) is 0.428. The Kier molecular flexibility index (Phi) is 7.23. The van der Waals surface area contributed by atoms with Crippen LogP contribution in [0.4, 0.5) is 4.39 Å². The van der Waals surface area contributed by atoms with Crippen LogP contribution < -0.4 is 4.72 Å². The van der Waals surface area contributed by atoms with Crippen molar-refractivity contribution in [3.8, 4) is 0 Å². The number of halogens is 2. The number of hydrogen-bond acceptors (Lipinski definition) is 2. The molecule has 1 aromatic rings. The molecule has 0 atom stereocenters. The van der Waals surface area contributed by atoms with Crippen LogP contribution in [0, 0.1) is 12.7 Å². The molecule has 0 spiro atoms. The first kappa shape index (κ1) is 16.8. The third-order valence-corrected chi connectivity index (χ3v) is 5.16. The van der Waals surface area contributed by atoms with Crippen LogP contribution in [0.1, 0.15) is 31.2 Å². The van der Waals surface area contributed by atoms with Crippen molar-refractivity contribution in [3.05, 3.63) is 29.6 Å². The van der Waals surface area contributed by atoms with Crippen LogP contribution in [0.2, 0.25) is 0 Å². The number of sulfonamides is 1. The third kappa shape index (κ3) is 5.74. The van der Waals surface area contributed by atoms with Crippen LogP contribution in [0.3, 0.4) is 0 Å². The second-order valence-electron chi connectivity index (χ2n) is 4.41. The number of rotatable bonds is 8. The van der Waals surface area contributed by atoms with E-state index in [0.717, 1.165) is 23.7 Å². The van der Waals surface area contributed by atoms with Gasteiger partial charge in [-0.25, -0.2) is 17.5 Å². The number of nitrogens with one attached hydrogen (secondary N) is 1. The highest BCUT2D eigenvalue weighted by Gasteiger charge is 2.16. The van der Waals surface area contributed by atoms with Gasteiger partial charge in [0, 0.05) is 6.54 Å². The first-order valence-electron chi connectivity index (χ1n) is 6.29. The first-order chi connectivity index (χ1) is 8.97. The van der Waals surface area contributed by atoms with Crippen molar-refractivity contribution < 1.29 is 12.8 Å². The van der Waals surface area contributed by atoms with Gasteiger partial charge in [-0.1, -0.05) is 35.4 Å². The third-order valence-electron chi connectivity index (χ3n) is 2.78. The van der Waals surface area contributed by atoms with Crippen molar-refractivity contribution in [2.75, 3.05) is 11.0 Å². The molecule has 6 heteroatoms. The van der Waals surface area contributed by atoms with Crippen LogP contribution in [0.15, 0.2) is 23.1 Å². The first-order valence-corrected chi connectivity index (χ1v) is 9.30. The maximum Gasteiger partial charge on any atom is 0.240 e. The maximum absolute atomic E-state index is 12.9. The van der Waals surface area contributed by atoms with Gasteiger partial charge in [-0.05, 0) is 48.0 Å². The molecule has 1 rings (SSSR count). The van der Waals surface area contributed by atoms with Crippen molar-refractivity contribution in [2.45, 2.75) is 37.5 Å². The molecule has 0 saturated carbocycles. The van der Waals surface area contributed by atoms with Crippen LogP contribution in [-0.4, -0.2) is 19.4 Å². The van der Waals surface area contributed by atoms with Gasteiger partial charge in [0.1, 0.15) is 5.82 Å². The molecule has 1 aromatic carbocycles. The lowest BCUT2D eigenvalue weighted by atomic mass is 10.2. The zero-order valence-electron chi connectivity index (χ0n) is 11.0. The van der Waals surface area contributed by atoms with Gasteiger partial charge in [-0.15, -0.1) is 0 Å². The van der Waals surface area contributed by atoms with E-state index < -0.39 is 15.8 Å². The van der Waals surface area contributed by atoms with Crippen molar-refractivity contribution in [3.63, 3.8) is 0 Å². The zero-order chi connectivity index (χ0) is 14.3. The van der Waals surface area contributed by atoms with Crippen molar-refractivity contribution in [1.29, 1.82) is 0 Å². The summed E-state index contributed by atoms with van der Waals surface area (Å²) in [5.74, 6) is -0.421. The van der Waals surface area contributed by atoms with Crippen molar-refractivity contribution in [2.24, 2.45) is 0 Å². The zero-order valence-corrected chi connectivity index (χ0v) is 13.9. The van der Waals surface area contributed by atoms with E-state index in [9.17, 15) is 12.8 Å². The average molecular weight is 399 g/mol. The largest absolute Gasteiger partial charge is 0.240 e. The molecule has 0 amide bonds. The maximum atomic E-state index is 12.9. The summed E-state index contributed by atoms with van der Waals surface area (Å²) < 4.78 is 40.7. The summed E-state index contributed by atoms with van der Waals surface area (Å²) in [6.07, 6.45) is 4.15. The highest BCUT2D eigenvalue weighted by atomic mass is 127. The van der Waals surface area contributed by atoms with E-state index in [1.165, 1.54) is 24.6 Å². The van der Waals surface area contributed by atoms with E-state index in [1.807, 2.05) is 0 Å². The summed E-state index contributed by atoms with van der Waals surface area (Å²) in [5, 5.41) is 0. The van der Waals surface area contributed by atoms with E-state index in [2.05, 4.69) is 27.3 Å². The monoisotopic (exact) mass is 399 g/mol. The fraction of sp³-hybridized carbons (Fsp3) is 0.538. The van der Waals surface area contributed by atoms with Gasteiger partial charge in [0.25, 0.3) is 0 Å². The molecule has 0 saturated heterocycles. The number of benzene rings is 1. The lowest BCUT2D eigenvalue weighted by molar-refractivity contribution is 0.572.